The zero-order valence-electron chi connectivity index (χ0n) is 12.3. The van der Waals surface area contributed by atoms with Crippen molar-refractivity contribution in [2.75, 3.05) is 13.7 Å². The van der Waals surface area contributed by atoms with Gasteiger partial charge >= 0.3 is 5.97 Å². The molecule has 1 aromatic rings. The van der Waals surface area contributed by atoms with Crippen molar-refractivity contribution in [2.45, 2.75) is 51.4 Å². The van der Waals surface area contributed by atoms with Gasteiger partial charge in [0.2, 0.25) is 0 Å². The van der Waals surface area contributed by atoms with Gasteiger partial charge < -0.3 is 9.47 Å². The van der Waals surface area contributed by atoms with Crippen LogP contribution in [0.15, 0.2) is 6.07 Å². The van der Waals surface area contributed by atoms with Gasteiger partial charge in [0, 0.05) is 18.4 Å². The molecule has 0 saturated heterocycles. The lowest BCUT2D eigenvalue weighted by Crippen LogP contribution is -2.05. The van der Waals surface area contributed by atoms with Crippen LogP contribution in [-0.4, -0.2) is 19.7 Å². The maximum Gasteiger partial charge on any atom is 0.305 e. The highest BCUT2D eigenvalue weighted by Crippen LogP contribution is 2.45. The Labute approximate surface area is 120 Å². The number of hydrogen-bond acceptors (Lipinski definition) is 3. The van der Waals surface area contributed by atoms with Gasteiger partial charge in [-0.15, -0.1) is 0 Å². The molecule has 0 unspecified atom stereocenters. The second kappa shape index (κ2) is 5.47. The third-order valence-corrected chi connectivity index (χ3v) is 4.66. The average Bonchev–Trinajstić information content (AvgIpc) is 3.09. The highest BCUT2D eigenvalue weighted by atomic mass is 16.5. The average molecular weight is 274 g/mol. The lowest BCUT2D eigenvalue weighted by atomic mass is 9.89. The van der Waals surface area contributed by atoms with E-state index < -0.39 is 0 Å². The van der Waals surface area contributed by atoms with Crippen LogP contribution in [0.25, 0.3) is 0 Å². The van der Waals surface area contributed by atoms with Gasteiger partial charge in [-0.1, -0.05) is 13.0 Å². The maximum absolute atomic E-state index is 11.4. The predicted octanol–water partition coefficient (Wildman–Crippen LogP) is 3.17. The van der Waals surface area contributed by atoms with Crippen molar-refractivity contribution in [3.05, 3.63) is 28.3 Å². The molecule has 0 N–H and O–H groups in total. The van der Waals surface area contributed by atoms with E-state index in [1.54, 1.807) is 0 Å². The first-order valence-electron chi connectivity index (χ1n) is 7.61. The Morgan fingerprint density at radius 3 is 3.05 bits per heavy atom. The van der Waals surface area contributed by atoms with Gasteiger partial charge in [0.15, 0.2) is 0 Å². The van der Waals surface area contributed by atoms with Gasteiger partial charge in [-0.2, -0.15) is 0 Å². The molecule has 1 aliphatic heterocycles. The van der Waals surface area contributed by atoms with Gasteiger partial charge in [-0.25, -0.2) is 0 Å². The summed E-state index contributed by atoms with van der Waals surface area (Å²) in [7, 11) is 1.46. The molecule has 1 atom stereocenters. The van der Waals surface area contributed by atoms with Crippen molar-refractivity contribution < 1.29 is 14.3 Å². The number of benzene rings is 1. The van der Waals surface area contributed by atoms with E-state index in [0.29, 0.717) is 12.3 Å². The molecule has 0 bridgehead atoms. The Bertz CT molecular complexity index is 534. The molecule has 3 nitrogen and oxygen atoms in total. The quantitative estimate of drug-likeness (QED) is 0.791. The summed E-state index contributed by atoms with van der Waals surface area (Å²) in [4.78, 5) is 11.4. The second-order valence-electron chi connectivity index (χ2n) is 5.72. The van der Waals surface area contributed by atoms with Gasteiger partial charge in [0.25, 0.3) is 0 Å². The second-order valence-corrected chi connectivity index (χ2v) is 5.72. The summed E-state index contributed by atoms with van der Waals surface area (Å²) in [6, 6.07) is 2.33. The predicted molar refractivity (Wildman–Crippen MR) is 77.3 cm³/mol. The number of ether oxygens (including phenoxy) is 2. The van der Waals surface area contributed by atoms with Crippen molar-refractivity contribution in [1.29, 1.82) is 0 Å². The van der Waals surface area contributed by atoms with E-state index in [-0.39, 0.29) is 5.97 Å². The summed E-state index contributed by atoms with van der Waals surface area (Å²) in [6.07, 6.45) is 5.78. The molecule has 0 amide bonds. The topological polar surface area (TPSA) is 35.5 Å². The first kappa shape index (κ1) is 13.5. The SMILES string of the molecule is CCc1cc2c(c3c1OCC3)[C@H](CCC(=O)OC)CC2. The molecule has 0 radical (unpaired) electrons. The van der Waals surface area contributed by atoms with Crippen molar-refractivity contribution >= 4 is 5.97 Å². The van der Waals surface area contributed by atoms with Crippen LogP contribution in [0.2, 0.25) is 0 Å². The molecule has 3 rings (SSSR count). The van der Waals surface area contributed by atoms with Gasteiger partial charge in [0.05, 0.1) is 13.7 Å². The Hall–Kier alpha value is -1.51. The molecule has 0 aromatic heterocycles. The first-order valence-corrected chi connectivity index (χ1v) is 7.61. The molecule has 0 saturated carbocycles. The van der Waals surface area contributed by atoms with Crippen LogP contribution >= 0.6 is 0 Å². The van der Waals surface area contributed by atoms with E-state index in [0.717, 1.165) is 44.5 Å². The van der Waals surface area contributed by atoms with Crippen molar-refractivity contribution in [1.82, 2.24) is 0 Å². The number of methoxy groups -OCH3 is 1. The molecule has 0 spiro atoms. The number of carbonyl (C=O) groups is 1. The Balaban J connectivity index is 1.89. The van der Waals surface area contributed by atoms with E-state index in [1.165, 1.54) is 29.4 Å². The number of aryl methyl sites for hydroxylation is 2. The van der Waals surface area contributed by atoms with E-state index in [1.807, 2.05) is 0 Å². The summed E-state index contributed by atoms with van der Waals surface area (Å²) in [5.41, 5.74) is 5.75. The largest absolute Gasteiger partial charge is 0.493 e. The van der Waals surface area contributed by atoms with Crippen LogP contribution in [0.5, 0.6) is 5.75 Å². The molecular weight excluding hydrogens is 252 g/mol. The number of rotatable bonds is 4. The minimum atomic E-state index is -0.100. The van der Waals surface area contributed by atoms with E-state index in [4.69, 9.17) is 9.47 Å². The standard InChI is InChI=1S/C17H22O3/c1-3-11-10-13-5-4-12(6-7-15(18)19-2)16(13)14-8-9-20-17(11)14/h10,12H,3-9H2,1-2H3/t12-/m0/s1. The summed E-state index contributed by atoms with van der Waals surface area (Å²) in [6.45, 7) is 3.00. The molecular formula is C17H22O3. The van der Waals surface area contributed by atoms with E-state index in [2.05, 4.69) is 13.0 Å². The Kier molecular flexibility index (Phi) is 3.68. The van der Waals surface area contributed by atoms with Crippen LogP contribution in [0.1, 0.15) is 54.4 Å². The summed E-state index contributed by atoms with van der Waals surface area (Å²) >= 11 is 0. The third-order valence-electron chi connectivity index (χ3n) is 4.66. The van der Waals surface area contributed by atoms with E-state index >= 15 is 0 Å². The molecule has 2 aliphatic rings. The van der Waals surface area contributed by atoms with Crippen LogP contribution in [-0.2, 0) is 28.8 Å². The van der Waals surface area contributed by atoms with Gasteiger partial charge in [-0.3, -0.25) is 4.79 Å². The molecule has 108 valence electrons. The fourth-order valence-corrected chi connectivity index (χ4v) is 3.68. The highest BCUT2D eigenvalue weighted by molar-refractivity contribution is 5.69. The van der Waals surface area contributed by atoms with Gasteiger partial charge in [-0.05, 0) is 48.3 Å². The number of fused-ring (bicyclic) bond motifs is 3. The maximum atomic E-state index is 11.4. The normalized spacial score (nSPS) is 19.4. The van der Waals surface area contributed by atoms with Crippen LogP contribution in [0.4, 0.5) is 0 Å². The van der Waals surface area contributed by atoms with E-state index in [9.17, 15) is 4.79 Å². The fourth-order valence-electron chi connectivity index (χ4n) is 3.68. The van der Waals surface area contributed by atoms with Crippen LogP contribution in [0.3, 0.4) is 0 Å². The Morgan fingerprint density at radius 2 is 2.30 bits per heavy atom. The lowest BCUT2D eigenvalue weighted by molar-refractivity contribution is -0.140. The number of hydrogen-bond donors (Lipinski definition) is 0. The minimum Gasteiger partial charge on any atom is -0.493 e. The molecule has 1 heterocycles. The molecule has 3 heteroatoms. The van der Waals surface area contributed by atoms with Gasteiger partial charge in [0.1, 0.15) is 5.75 Å². The third kappa shape index (κ3) is 2.19. The van der Waals surface area contributed by atoms with Crippen LogP contribution in [0, 0.1) is 0 Å². The molecule has 1 aliphatic carbocycles. The van der Waals surface area contributed by atoms with Crippen LogP contribution < -0.4 is 4.74 Å². The highest BCUT2D eigenvalue weighted by Gasteiger charge is 2.31. The zero-order chi connectivity index (χ0) is 14.1. The zero-order valence-corrected chi connectivity index (χ0v) is 12.3. The summed E-state index contributed by atoms with van der Waals surface area (Å²) in [5.74, 6) is 1.54. The fraction of sp³-hybridized carbons (Fsp3) is 0.588. The minimum absolute atomic E-state index is 0.100. The number of carbonyl (C=O) groups excluding carboxylic acids is 1. The smallest absolute Gasteiger partial charge is 0.305 e. The summed E-state index contributed by atoms with van der Waals surface area (Å²) < 4.78 is 10.6. The lowest BCUT2D eigenvalue weighted by Gasteiger charge is -2.16. The summed E-state index contributed by atoms with van der Waals surface area (Å²) in [5, 5.41) is 0. The van der Waals surface area contributed by atoms with Crippen molar-refractivity contribution in [3.63, 3.8) is 0 Å². The number of esters is 1. The first-order chi connectivity index (χ1) is 9.74. The monoisotopic (exact) mass is 274 g/mol. The van der Waals surface area contributed by atoms with Crippen molar-refractivity contribution in [3.8, 4) is 5.75 Å². The molecule has 20 heavy (non-hydrogen) atoms. The Morgan fingerprint density at radius 1 is 1.45 bits per heavy atom. The molecule has 0 fully saturated rings. The van der Waals surface area contributed by atoms with Crippen molar-refractivity contribution in [2.24, 2.45) is 0 Å². The molecule has 1 aromatic carbocycles.